The van der Waals surface area contributed by atoms with Crippen LogP contribution in [0.3, 0.4) is 0 Å². The lowest BCUT2D eigenvalue weighted by atomic mass is 10.0. The summed E-state index contributed by atoms with van der Waals surface area (Å²) in [6.45, 7) is 11.1. The van der Waals surface area contributed by atoms with Crippen molar-refractivity contribution in [2.45, 2.75) is 33.2 Å². The van der Waals surface area contributed by atoms with Crippen molar-refractivity contribution in [3.05, 3.63) is 88.7 Å². The largest absolute Gasteiger partial charge is 0.439 e. The fourth-order valence-electron chi connectivity index (χ4n) is 3.34. The molecule has 2 N–H and O–H groups in total. The smallest absolute Gasteiger partial charge is 0.224 e. The van der Waals surface area contributed by atoms with Gasteiger partial charge in [0.15, 0.2) is 0 Å². The van der Waals surface area contributed by atoms with Crippen LogP contribution in [0, 0.1) is 6.92 Å². The number of ether oxygens (including phenoxy) is 1. The number of rotatable bonds is 6. The number of aryl methyl sites for hydroxylation is 1. The predicted octanol–water partition coefficient (Wildman–Crippen LogP) is 6.83. The number of anilines is 2. The third-order valence-corrected chi connectivity index (χ3v) is 5.44. The molecule has 5 heteroatoms. The first-order chi connectivity index (χ1) is 14.9. The van der Waals surface area contributed by atoms with Crippen LogP contribution in [0.15, 0.2) is 72.0 Å². The molecule has 2 aromatic carbocycles. The number of hydrogen-bond donors (Lipinski definition) is 2. The third-order valence-electron chi connectivity index (χ3n) is 5.01. The van der Waals surface area contributed by atoms with Crippen LogP contribution in [-0.4, -0.2) is 25.5 Å². The summed E-state index contributed by atoms with van der Waals surface area (Å²) >= 11 is 6.21. The molecule has 1 heterocycles. The van der Waals surface area contributed by atoms with Crippen LogP contribution in [0.2, 0.25) is 5.02 Å². The molecule has 0 amide bonds. The highest BCUT2D eigenvalue weighted by molar-refractivity contribution is 6.31. The summed E-state index contributed by atoms with van der Waals surface area (Å²) in [6.07, 6.45) is 7.05. The van der Waals surface area contributed by atoms with E-state index in [1.807, 2.05) is 50.4 Å². The SMILES string of the molecule is C=C1/C=C\C(c2ccc(Cl)c(C)c2)=C/C(C)N=C(c2cc(NC)ccc2NCCC)O1. The molecular weight excluding hydrogens is 406 g/mol. The molecule has 0 fully saturated rings. The molecule has 3 rings (SSSR count). The molecular formula is C26H30ClN3O. The van der Waals surface area contributed by atoms with E-state index in [4.69, 9.17) is 21.3 Å². The Bertz CT molecular complexity index is 1050. The number of allylic oxidation sites excluding steroid dienone is 3. The number of halogens is 1. The van der Waals surface area contributed by atoms with Gasteiger partial charge < -0.3 is 15.4 Å². The summed E-state index contributed by atoms with van der Waals surface area (Å²) in [5, 5.41) is 7.43. The van der Waals surface area contributed by atoms with E-state index >= 15 is 0 Å². The van der Waals surface area contributed by atoms with Crippen molar-refractivity contribution < 1.29 is 4.74 Å². The zero-order valence-electron chi connectivity index (χ0n) is 18.6. The van der Waals surface area contributed by atoms with Crippen LogP contribution in [0.5, 0.6) is 0 Å². The van der Waals surface area contributed by atoms with E-state index in [1.165, 1.54) is 0 Å². The minimum Gasteiger partial charge on any atom is -0.439 e. The maximum absolute atomic E-state index is 6.21. The fourth-order valence-corrected chi connectivity index (χ4v) is 3.45. The van der Waals surface area contributed by atoms with Crippen LogP contribution < -0.4 is 10.6 Å². The minimum atomic E-state index is -0.103. The van der Waals surface area contributed by atoms with Gasteiger partial charge in [-0.25, -0.2) is 4.99 Å². The lowest BCUT2D eigenvalue weighted by Gasteiger charge is -2.16. The Balaban J connectivity index is 2.05. The Labute approximate surface area is 190 Å². The van der Waals surface area contributed by atoms with Gasteiger partial charge in [-0.2, -0.15) is 0 Å². The summed E-state index contributed by atoms with van der Waals surface area (Å²) in [7, 11) is 1.90. The topological polar surface area (TPSA) is 45.7 Å². The Morgan fingerprint density at radius 2 is 1.97 bits per heavy atom. The molecule has 0 spiro atoms. The molecule has 1 aliphatic rings. The number of aliphatic imine (C=N–C) groups is 1. The van der Waals surface area contributed by atoms with E-state index in [1.54, 1.807) is 0 Å². The highest BCUT2D eigenvalue weighted by Gasteiger charge is 2.16. The van der Waals surface area contributed by atoms with E-state index in [9.17, 15) is 0 Å². The molecule has 0 saturated carbocycles. The van der Waals surface area contributed by atoms with E-state index in [-0.39, 0.29) is 6.04 Å². The first-order valence-corrected chi connectivity index (χ1v) is 11.0. The van der Waals surface area contributed by atoms with E-state index in [2.05, 4.69) is 49.3 Å². The number of nitrogens with zero attached hydrogens (tertiary/aromatic N) is 1. The molecule has 0 saturated heterocycles. The quantitative estimate of drug-likeness (QED) is 0.522. The van der Waals surface area contributed by atoms with Crippen molar-refractivity contribution in [3.8, 4) is 0 Å². The zero-order chi connectivity index (χ0) is 22.4. The summed E-state index contributed by atoms with van der Waals surface area (Å²) in [4.78, 5) is 4.90. The highest BCUT2D eigenvalue weighted by Crippen LogP contribution is 2.27. The first-order valence-electron chi connectivity index (χ1n) is 10.6. The van der Waals surface area contributed by atoms with Crippen molar-refractivity contribution >= 4 is 34.4 Å². The highest BCUT2D eigenvalue weighted by atomic mass is 35.5. The minimum absolute atomic E-state index is 0.103. The normalized spacial score (nSPS) is 19.1. The Morgan fingerprint density at radius 1 is 1.16 bits per heavy atom. The average molecular weight is 436 g/mol. The molecule has 4 nitrogen and oxygen atoms in total. The van der Waals surface area contributed by atoms with E-state index in [0.29, 0.717) is 11.7 Å². The molecule has 0 aromatic heterocycles. The van der Waals surface area contributed by atoms with Gasteiger partial charge in [-0.3, -0.25) is 0 Å². The van der Waals surface area contributed by atoms with Crippen LogP contribution in [-0.2, 0) is 4.74 Å². The second kappa shape index (κ2) is 10.4. The average Bonchev–Trinajstić information content (AvgIpc) is 2.83. The Kier molecular flexibility index (Phi) is 7.59. The van der Waals surface area contributed by atoms with Crippen molar-refractivity contribution in [3.63, 3.8) is 0 Å². The number of benzene rings is 2. The summed E-state index contributed by atoms with van der Waals surface area (Å²) in [5.41, 5.74) is 6.05. The summed E-state index contributed by atoms with van der Waals surface area (Å²) < 4.78 is 6.12. The number of nitrogens with one attached hydrogen (secondary N) is 2. The monoisotopic (exact) mass is 435 g/mol. The van der Waals surface area contributed by atoms with Gasteiger partial charge in [0.1, 0.15) is 5.76 Å². The molecule has 0 aliphatic carbocycles. The van der Waals surface area contributed by atoms with Crippen LogP contribution in [0.4, 0.5) is 11.4 Å². The zero-order valence-corrected chi connectivity index (χ0v) is 19.4. The fraction of sp³-hybridized carbons (Fsp3) is 0.269. The molecule has 2 aromatic rings. The van der Waals surface area contributed by atoms with Gasteiger partial charge in [0.05, 0.1) is 11.6 Å². The number of hydrogen-bond acceptors (Lipinski definition) is 4. The molecule has 31 heavy (non-hydrogen) atoms. The van der Waals surface area contributed by atoms with E-state index in [0.717, 1.165) is 51.6 Å². The van der Waals surface area contributed by atoms with Crippen LogP contribution >= 0.6 is 11.6 Å². The first kappa shape index (κ1) is 22.7. The summed E-state index contributed by atoms with van der Waals surface area (Å²) in [6, 6.07) is 12.1. The molecule has 0 bridgehead atoms. The van der Waals surface area contributed by atoms with E-state index < -0.39 is 0 Å². The van der Waals surface area contributed by atoms with Gasteiger partial charge in [0.2, 0.25) is 5.90 Å². The standard InChI is InChI=1S/C26H30ClN3O/c1-6-13-29-25-12-10-22(28-5)16-23(25)26-30-18(3)15-21(8-7-19(4)31-26)20-9-11-24(27)17(2)14-20/h7-12,14-16,18,28-29H,4,6,13H2,1-3,5H3/b8-7-,21-15+,30-26?. The van der Waals surface area contributed by atoms with Crippen LogP contribution in [0.1, 0.15) is 37.0 Å². The maximum Gasteiger partial charge on any atom is 0.224 e. The van der Waals surface area contributed by atoms with Gasteiger partial charge in [-0.1, -0.05) is 43.3 Å². The Hall–Kier alpha value is -2.98. The second-order valence-corrected chi connectivity index (χ2v) is 8.01. The van der Waals surface area contributed by atoms with Gasteiger partial charge in [0.25, 0.3) is 0 Å². The van der Waals surface area contributed by atoms with Crippen molar-refractivity contribution in [1.29, 1.82) is 0 Å². The summed E-state index contributed by atoms with van der Waals surface area (Å²) in [5.74, 6) is 1.07. The molecule has 1 atom stereocenters. The second-order valence-electron chi connectivity index (χ2n) is 7.60. The van der Waals surface area contributed by atoms with Gasteiger partial charge >= 0.3 is 0 Å². The third kappa shape index (κ3) is 5.80. The molecule has 162 valence electrons. The van der Waals surface area contributed by atoms with Crippen molar-refractivity contribution in [1.82, 2.24) is 0 Å². The predicted molar refractivity (Wildman–Crippen MR) is 134 cm³/mol. The maximum atomic E-state index is 6.21. The van der Waals surface area contributed by atoms with Crippen LogP contribution in [0.25, 0.3) is 5.57 Å². The lowest BCUT2D eigenvalue weighted by Crippen LogP contribution is -2.13. The molecule has 1 unspecified atom stereocenters. The Morgan fingerprint density at radius 3 is 2.68 bits per heavy atom. The molecule has 1 aliphatic heterocycles. The van der Waals surface area contributed by atoms with Gasteiger partial charge in [-0.05, 0) is 73.4 Å². The van der Waals surface area contributed by atoms with Gasteiger partial charge in [-0.15, -0.1) is 0 Å². The molecule has 0 radical (unpaired) electrons. The van der Waals surface area contributed by atoms with Crippen molar-refractivity contribution in [2.75, 3.05) is 24.2 Å². The van der Waals surface area contributed by atoms with Gasteiger partial charge in [0, 0.05) is 30.0 Å². The lowest BCUT2D eigenvalue weighted by molar-refractivity contribution is 0.435. The van der Waals surface area contributed by atoms with Crippen molar-refractivity contribution in [2.24, 2.45) is 4.99 Å².